The molecule has 0 fully saturated rings. The van der Waals surface area contributed by atoms with Crippen molar-refractivity contribution in [1.29, 1.82) is 0 Å². The maximum atomic E-state index is 11.4. The van der Waals surface area contributed by atoms with Gasteiger partial charge in [-0.3, -0.25) is 9.59 Å². The molecule has 14 heteroatoms. The second kappa shape index (κ2) is 17.4. The number of benzene rings is 2. The Labute approximate surface area is 264 Å². The van der Waals surface area contributed by atoms with Crippen molar-refractivity contribution in [3.05, 3.63) is 48.0 Å². The molecule has 0 spiro atoms. The quantitative estimate of drug-likeness (QED) is 0.163. The summed E-state index contributed by atoms with van der Waals surface area (Å²) in [4.78, 5) is 31.6. The van der Waals surface area contributed by atoms with E-state index in [0.29, 0.717) is 38.9 Å². The van der Waals surface area contributed by atoms with Crippen molar-refractivity contribution in [3.63, 3.8) is 0 Å². The van der Waals surface area contributed by atoms with E-state index in [0.717, 1.165) is 39.5 Å². The average Bonchev–Trinajstić information content (AvgIpc) is 3.41. The lowest BCUT2D eigenvalue weighted by Crippen LogP contribution is -2.07. The summed E-state index contributed by atoms with van der Waals surface area (Å²) >= 11 is 9.31. The van der Waals surface area contributed by atoms with E-state index in [9.17, 15) is 14.7 Å². The Morgan fingerprint density at radius 2 is 1.27 bits per heavy atom. The highest BCUT2D eigenvalue weighted by molar-refractivity contribution is 9.69. The fraction of sp³-hybridized carbons (Fsp3) is 0.407. The predicted molar refractivity (Wildman–Crippen MR) is 172 cm³/mol. The smallest absolute Gasteiger partial charge is 0.369 e. The number of aromatic nitrogens is 4. The van der Waals surface area contributed by atoms with E-state index in [1.54, 1.807) is 39.2 Å². The standard InChI is InChI=1S/C14H18N2O3.C13H16N2O3.BBr3/c1-4-19-14(17)8-7-13-15-11-6-5-10(18-3)9-12(11)16(13)2;1-3-18-13(17)7-6-12-14-10-5-4-9(16)8-11(10)15(12)2;2-1(3)4/h5-6,9H,4,7-8H2,1-3H3;4-5,8,16H,3,6-7H2,1-2H3;. The minimum atomic E-state index is -0.215. The van der Waals surface area contributed by atoms with Crippen molar-refractivity contribution < 1.29 is 28.9 Å². The first-order chi connectivity index (χ1) is 19.5. The molecule has 0 atom stereocenters. The number of rotatable bonds is 9. The van der Waals surface area contributed by atoms with Gasteiger partial charge in [-0.05, 0) is 38.1 Å². The summed E-state index contributed by atoms with van der Waals surface area (Å²) in [7, 11) is 5.45. The second-order valence-electron chi connectivity index (χ2n) is 8.56. The normalized spacial score (nSPS) is 10.3. The lowest BCUT2D eigenvalue weighted by atomic mass is 10.3. The molecule has 4 aromatic rings. The molecule has 0 unspecified atom stereocenters. The Bertz CT molecular complexity index is 1440. The maximum Gasteiger partial charge on any atom is 0.369 e. The van der Waals surface area contributed by atoms with Crippen LogP contribution in [0.25, 0.3) is 22.1 Å². The van der Waals surface area contributed by atoms with Crippen molar-refractivity contribution in [2.24, 2.45) is 14.1 Å². The first-order valence-corrected chi connectivity index (χ1v) is 15.6. The molecule has 222 valence electrons. The molecule has 0 aliphatic rings. The Morgan fingerprint density at radius 3 is 1.71 bits per heavy atom. The number of hydrogen-bond acceptors (Lipinski definition) is 8. The molecule has 0 radical (unpaired) electrons. The Morgan fingerprint density at radius 1 is 0.829 bits per heavy atom. The lowest BCUT2D eigenvalue weighted by Gasteiger charge is -2.03. The number of methoxy groups -OCH3 is 1. The van der Waals surface area contributed by atoms with Crippen LogP contribution in [0.3, 0.4) is 0 Å². The van der Waals surface area contributed by atoms with Crippen LogP contribution in [-0.4, -0.2) is 59.7 Å². The number of carbonyl (C=O) groups is 2. The van der Waals surface area contributed by atoms with E-state index < -0.39 is 0 Å². The molecular weight excluding hydrogens is 727 g/mol. The van der Waals surface area contributed by atoms with E-state index in [2.05, 4.69) is 57.2 Å². The van der Waals surface area contributed by atoms with Crippen molar-refractivity contribution in [3.8, 4) is 11.5 Å². The van der Waals surface area contributed by atoms with Crippen LogP contribution >= 0.6 is 47.3 Å². The molecule has 41 heavy (non-hydrogen) atoms. The molecule has 2 aromatic carbocycles. The number of imidazole rings is 2. The lowest BCUT2D eigenvalue weighted by molar-refractivity contribution is -0.144. The third-order valence-electron chi connectivity index (χ3n) is 5.85. The number of hydrogen-bond donors (Lipinski definition) is 1. The van der Waals surface area contributed by atoms with Gasteiger partial charge in [-0.1, -0.05) is 0 Å². The minimum absolute atomic E-state index is 0.188. The zero-order valence-corrected chi connectivity index (χ0v) is 28.5. The van der Waals surface area contributed by atoms with Gasteiger partial charge in [0.05, 0.1) is 55.2 Å². The molecule has 2 aromatic heterocycles. The van der Waals surface area contributed by atoms with Crippen LogP contribution in [0.15, 0.2) is 36.4 Å². The number of nitrogens with zero attached hydrogens (tertiary/aromatic N) is 4. The van der Waals surface area contributed by atoms with Crippen molar-refractivity contribution in [2.75, 3.05) is 20.3 Å². The van der Waals surface area contributed by atoms with Gasteiger partial charge < -0.3 is 28.5 Å². The van der Waals surface area contributed by atoms with Crippen LogP contribution in [0, 0.1) is 0 Å². The highest BCUT2D eigenvalue weighted by Gasteiger charge is 2.12. The molecule has 0 bridgehead atoms. The van der Waals surface area contributed by atoms with Crippen molar-refractivity contribution in [1.82, 2.24) is 19.1 Å². The van der Waals surface area contributed by atoms with Crippen LogP contribution in [0.2, 0.25) is 0 Å². The van der Waals surface area contributed by atoms with E-state index in [-0.39, 0.29) is 20.9 Å². The summed E-state index contributed by atoms with van der Waals surface area (Å²) in [5.74, 6) is 2.29. The summed E-state index contributed by atoms with van der Waals surface area (Å²) in [5, 5.41) is 9.44. The fourth-order valence-corrected chi connectivity index (χ4v) is 3.92. The summed E-state index contributed by atoms with van der Waals surface area (Å²) < 4.78 is 19.1. The van der Waals surface area contributed by atoms with Gasteiger partial charge in [-0.2, -0.15) is 0 Å². The highest BCUT2D eigenvalue weighted by atomic mass is 79.9. The topological polar surface area (TPSA) is 118 Å². The molecule has 0 aliphatic heterocycles. The zero-order valence-electron chi connectivity index (χ0n) is 23.7. The van der Waals surface area contributed by atoms with Gasteiger partial charge in [0.15, 0.2) is 0 Å². The van der Waals surface area contributed by atoms with Crippen LogP contribution in [0.1, 0.15) is 38.3 Å². The summed E-state index contributed by atoms with van der Waals surface area (Å²) in [6.07, 6.45) is 1.77. The minimum Gasteiger partial charge on any atom is -0.508 e. The Balaban J connectivity index is 0.000000254. The van der Waals surface area contributed by atoms with E-state index >= 15 is 0 Å². The van der Waals surface area contributed by atoms with E-state index in [1.807, 2.05) is 41.4 Å². The Kier molecular flexibility index (Phi) is 14.7. The van der Waals surface area contributed by atoms with Gasteiger partial charge in [0, 0.05) is 39.1 Å². The van der Waals surface area contributed by atoms with Crippen molar-refractivity contribution in [2.45, 2.75) is 39.5 Å². The number of phenolic OH excluding ortho intramolecular Hbond substituents is 1. The van der Waals surface area contributed by atoms with Gasteiger partial charge in [0.1, 0.15) is 23.1 Å². The number of aryl methyl sites for hydroxylation is 4. The van der Waals surface area contributed by atoms with Gasteiger partial charge in [0.25, 0.3) is 0 Å². The van der Waals surface area contributed by atoms with Crippen LogP contribution in [0.4, 0.5) is 0 Å². The molecular formula is C27H34BBr3N4O6. The third kappa shape index (κ3) is 11.0. The number of phenols is 1. The number of ether oxygens (including phenoxy) is 3. The zero-order chi connectivity index (χ0) is 30.5. The first kappa shape index (κ1) is 34.6. The highest BCUT2D eigenvalue weighted by Crippen LogP contribution is 2.22. The molecule has 2 heterocycles. The number of halogens is 3. The SMILES string of the molecule is BrB(Br)Br.CCOC(=O)CCc1nc2ccc(O)cc2n1C.CCOC(=O)CCc1nc2ccc(OC)cc2n1C. The predicted octanol–water partition coefficient (Wildman–Crippen LogP) is 6.01. The van der Waals surface area contributed by atoms with E-state index in [1.165, 1.54) is 0 Å². The summed E-state index contributed by atoms with van der Waals surface area (Å²) in [6, 6.07) is 10.8. The monoisotopic (exact) mass is 758 g/mol. The average molecular weight is 761 g/mol. The summed E-state index contributed by atoms with van der Waals surface area (Å²) in [6.45, 7) is 4.41. The molecule has 0 saturated carbocycles. The molecule has 10 nitrogen and oxygen atoms in total. The molecule has 1 N–H and O–H groups in total. The maximum absolute atomic E-state index is 11.4. The molecule has 4 rings (SSSR count). The van der Waals surface area contributed by atoms with Gasteiger partial charge in [-0.25, -0.2) is 9.97 Å². The first-order valence-electron chi connectivity index (χ1n) is 12.9. The van der Waals surface area contributed by atoms with Crippen LogP contribution < -0.4 is 4.74 Å². The van der Waals surface area contributed by atoms with Gasteiger partial charge in [0.2, 0.25) is 0 Å². The number of esters is 2. The second-order valence-corrected chi connectivity index (χ2v) is 15.0. The molecule has 0 aliphatic carbocycles. The van der Waals surface area contributed by atoms with Gasteiger partial charge in [-0.15, -0.1) is 47.3 Å². The van der Waals surface area contributed by atoms with Crippen LogP contribution in [0.5, 0.6) is 11.5 Å². The number of fused-ring (bicyclic) bond motifs is 2. The van der Waals surface area contributed by atoms with E-state index in [4.69, 9.17) is 14.2 Å². The molecule has 0 amide bonds. The number of carbonyl (C=O) groups excluding carboxylic acids is 2. The van der Waals surface area contributed by atoms with Gasteiger partial charge >= 0.3 is 15.1 Å². The third-order valence-corrected chi connectivity index (χ3v) is 5.85. The summed E-state index contributed by atoms with van der Waals surface area (Å²) in [5.41, 5.74) is 3.57. The van der Waals surface area contributed by atoms with Crippen LogP contribution in [-0.2, 0) is 46.0 Å². The fourth-order valence-electron chi connectivity index (χ4n) is 3.92. The molecule has 0 saturated heterocycles. The number of aromatic hydroxyl groups is 1. The largest absolute Gasteiger partial charge is 0.508 e. The van der Waals surface area contributed by atoms with Crippen molar-refractivity contribution >= 4 is 84.5 Å². The Hall–Kier alpha value is -2.58.